The van der Waals surface area contributed by atoms with Crippen LogP contribution in [0.4, 0.5) is 15.8 Å². The monoisotopic (exact) mass is 343 g/mol. The van der Waals surface area contributed by atoms with E-state index in [1.807, 2.05) is 0 Å². The second-order valence-corrected chi connectivity index (χ2v) is 5.48. The van der Waals surface area contributed by atoms with Crippen LogP contribution in [0.2, 0.25) is 0 Å². The van der Waals surface area contributed by atoms with Gasteiger partial charge >= 0.3 is 0 Å². The highest BCUT2D eigenvalue weighted by atomic mass is 19.1. The minimum Gasteiger partial charge on any atom is -0.332 e. The van der Waals surface area contributed by atoms with Crippen molar-refractivity contribution >= 4 is 29.1 Å². The fourth-order valence-electron chi connectivity index (χ4n) is 2.17. The van der Waals surface area contributed by atoms with Crippen LogP contribution in [-0.2, 0) is 9.59 Å². The first-order chi connectivity index (χ1) is 11.8. The number of anilines is 2. The average molecular weight is 343 g/mol. The molecular formula is C18H18FN3O3. The van der Waals surface area contributed by atoms with Crippen LogP contribution < -0.4 is 10.6 Å². The molecule has 0 bridgehead atoms. The van der Waals surface area contributed by atoms with E-state index in [2.05, 4.69) is 10.6 Å². The lowest BCUT2D eigenvalue weighted by Crippen LogP contribution is -2.34. The van der Waals surface area contributed by atoms with E-state index in [0.717, 1.165) is 0 Å². The molecule has 0 aliphatic rings. The summed E-state index contributed by atoms with van der Waals surface area (Å²) >= 11 is 0. The van der Waals surface area contributed by atoms with E-state index in [9.17, 15) is 18.8 Å². The number of amides is 3. The lowest BCUT2D eigenvalue weighted by atomic mass is 10.2. The summed E-state index contributed by atoms with van der Waals surface area (Å²) in [6, 6.07) is 11.9. The van der Waals surface area contributed by atoms with Crippen molar-refractivity contribution in [3.05, 3.63) is 59.9 Å². The Kier molecular flexibility index (Phi) is 5.84. The fourth-order valence-corrected chi connectivity index (χ4v) is 2.17. The molecule has 0 aliphatic heterocycles. The maximum atomic E-state index is 13.1. The number of hydrogen-bond acceptors (Lipinski definition) is 3. The highest BCUT2D eigenvalue weighted by Crippen LogP contribution is 2.12. The number of benzene rings is 2. The summed E-state index contributed by atoms with van der Waals surface area (Å²) in [5, 5.41) is 5.14. The van der Waals surface area contributed by atoms with Crippen molar-refractivity contribution in [1.82, 2.24) is 4.90 Å². The molecule has 0 radical (unpaired) electrons. The van der Waals surface area contributed by atoms with Crippen molar-refractivity contribution in [3.63, 3.8) is 0 Å². The van der Waals surface area contributed by atoms with Crippen LogP contribution in [0.15, 0.2) is 48.5 Å². The van der Waals surface area contributed by atoms with E-state index < -0.39 is 11.7 Å². The van der Waals surface area contributed by atoms with Crippen molar-refractivity contribution in [2.45, 2.75) is 6.92 Å². The summed E-state index contributed by atoms with van der Waals surface area (Å²) in [5.74, 6) is -1.44. The number of likely N-dealkylation sites (N-methyl/N-ethyl adjacent to an activating group) is 1. The number of carbonyl (C=O) groups is 3. The average Bonchev–Trinajstić information content (AvgIpc) is 2.54. The molecule has 0 aliphatic carbocycles. The minimum absolute atomic E-state index is 0.178. The molecular weight excluding hydrogens is 325 g/mol. The molecule has 0 spiro atoms. The normalized spacial score (nSPS) is 10.0. The van der Waals surface area contributed by atoms with Gasteiger partial charge in [0.05, 0.1) is 6.54 Å². The minimum atomic E-state index is -0.457. The van der Waals surface area contributed by atoms with Gasteiger partial charge in [-0.1, -0.05) is 6.07 Å². The van der Waals surface area contributed by atoms with Crippen LogP contribution in [-0.4, -0.2) is 36.2 Å². The maximum Gasteiger partial charge on any atom is 0.254 e. The summed E-state index contributed by atoms with van der Waals surface area (Å²) in [5.41, 5.74) is 1.29. The maximum absolute atomic E-state index is 13.1. The van der Waals surface area contributed by atoms with Crippen LogP contribution >= 0.6 is 0 Å². The summed E-state index contributed by atoms with van der Waals surface area (Å²) in [4.78, 5) is 36.5. The zero-order valence-electron chi connectivity index (χ0n) is 13.9. The highest BCUT2D eigenvalue weighted by Gasteiger charge is 2.15. The van der Waals surface area contributed by atoms with Gasteiger partial charge in [-0.2, -0.15) is 0 Å². The second-order valence-electron chi connectivity index (χ2n) is 5.48. The first-order valence-corrected chi connectivity index (χ1v) is 7.53. The predicted octanol–water partition coefficient (Wildman–Crippen LogP) is 2.49. The molecule has 0 heterocycles. The SMILES string of the molecule is CC(=O)Nc1ccc(C(=O)N(C)CC(=O)Nc2cccc(F)c2)cc1. The molecule has 6 nitrogen and oxygen atoms in total. The summed E-state index contributed by atoms with van der Waals surface area (Å²) in [7, 11) is 1.50. The van der Waals surface area contributed by atoms with Gasteiger partial charge in [-0.25, -0.2) is 4.39 Å². The Morgan fingerprint density at radius 2 is 1.68 bits per heavy atom. The van der Waals surface area contributed by atoms with Crippen LogP contribution in [0.5, 0.6) is 0 Å². The fraction of sp³-hybridized carbons (Fsp3) is 0.167. The molecule has 0 saturated heterocycles. The molecule has 25 heavy (non-hydrogen) atoms. The molecule has 2 aromatic rings. The third kappa shape index (κ3) is 5.42. The van der Waals surface area contributed by atoms with Crippen molar-refractivity contribution < 1.29 is 18.8 Å². The van der Waals surface area contributed by atoms with E-state index in [1.165, 1.54) is 37.1 Å². The van der Waals surface area contributed by atoms with E-state index in [0.29, 0.717) is 16.9 Å². The standard InChI is InChI=1S/C18H18FN3O3/c1-12(23)20-15-8-6-13(7-9-15)18(25)22(2)11-17(24)21-16-5-3-4-14(19)10-16/h3-10H,11H2,1-2H3,(H,20,23)(H,21,24). The van der Waals surface area contributed by atoms with Crippen molar-refractivity contribution in [3.8, 4) is 0 Å². The summed E-state index contributed by atoms with van der Waals surface area (Å²) < 4.78 is 13.1. The Hall–Kier alpha value is -3.22. The summed E-state index contributed by atoms with van der Waals surface area (Å²) in [6.45, 7) is 1.22. The van der Waals surface area contributed by atoms with Gasteiger partial charge in [0.1, 0.15) is 5.82 Å². The van der Waals surface area contributed by atoms with Crippen LogP contribution in [0.1, 0.15) is 17.3 Å². The van der Waals surface area contributed by atoms with Crippen LogP contribution in [0.25, 0.3) is 0 Å². The molecule has 0 unspecified atom stereocenters. The lowest BCUT2D eigenvalue weighted by Gasteiger charge is -2.17. The van der Waals surface area contributed by atoms with Gasteiger partial charge in [0.2, 0.25) is 11.8 Å². The summed E-state index contributed by atoms with van der Waals surface area (Å²) in [6.07, 6.45) is 0. The number of nitrogens with zero attached hydrogens (tertiary/aromatic N) is 1. The number of nitrogens with one attached hydrogen (secondary N) is 2. The van der Waals surface area contributed by atoms with Gasteiger partial charge in [0.25, 0.3) is 5.91 Å². The molecule has 7 heteroatoms. The van der Waals surface area contributed by atoms with Crippen molar-refractivity contribution in [2.24, 2.45) is 0 Å². The van der Waals surface area contributed by atoms with Gasteiger partial charge in [-0.3, -0.25) is 14.4 Å². The largest absolute Gasteiger partial charge is 0.332 e. The number of hydrogen-bond donors (Lipinski definition) is 2. The van der Waals surface area contributed by atoms with E-state index in [-0.39, 0.29) is 18.4 Å². The van der Waals surface area contributed by atoms with E-state index in [1.54, 1.807) is 30.3 Å². The molecule has 0 aromatic heterocycles. The molecule has 0 saturated carbocycles. The third-order valence-electron chi connectivity index (χ3n) is 3.29. The smallest absolute Gasteiger partial charge is 0.254 e. The Labute approximate surface area is 144 Å². The Balaban J connectivity index is 1.95. The van der Waals surface area contributed by atoms with Crippen molar-refractivity contribution in [2.75, 3.05) is 24.2 Å². The first kappa shape index (κ1) is 18.1. The quantitative estimate of drug-likeness (QED) is 0.875. The molecule has 2 rings (SSSR count). The third-order valence-corrected chi connectivity index (χ3v) is 3.29. The van der Waals surface area contributed by atoms with Gasteiger partial charge in [0.15, 0.2) is 0 Å². The lowest BCUT2D eigenvalue weighted by molar-refractivity contribution is -0.116. The van der Waals surface area contributed by atoms with Gasteiger partial charge in [0, 0.05) is 30.9 Å². The molecule has 3 amide bonds. The zero-order valence-corrected chi connectivity index (χ0v) is 13.9. The van der Waals surface area contributed by atoms with Crippen LogP contribution in [0.3, 0.4) is 0 Å². The Bertz CT molecular complexity index is 790. The molecule has 0 fully saturated rings. The van der Waals surface area contributed by atoms with Crippen molar-refractivity contribution in [1.29, 1.82) is 0 Å². The second kappa shape index (κ2) is 8.05. The van der Waals surface area contributed by atoms with Gasteiger partial charge in [-0.15, -0.1) is 0 Å². The molecule has 2 N–H and O–H groups in total. The van der Waals surface area contributed by atoms with Gasteiger partial charge in [-0.05, 0) is 42.5 Å². The first-order valence-electron chi connectivity index (χ1n) is 7.53. The van der Waals surface area contributed by atoms with E-state index >= 15 is 0 Å². The number of carbonyl (C=O) groups excluding carboxylic acids is 3. The predicted molar refractivity (Wildman–Crippen MR) is 92.7 cm³/mol. The molecule has 0 atom stereocenters. The number of rotatable bonds is 5. The van der Waals surface area contributed by atoms with Crippen LogP contribution in [0, 0.1) is 5.82 Å². The molecule has 130 valence electrons. The Morgan fingerprint density at radius 1 is 1.00 bits per heavy atom. The highest BCUT2D eigenvalue weighted by molar-refractivity contribution is 5.99. The zero-order chi connectivity index (χ0) is 18.4. The molecule has 2 aromatic carbocycles. The topological polar surface area (TPSA) is 78.5 Å². The van der Waals surface area contributed by atoms with Gasteiger partial charge < -0.3 is 15.5 Å². The number of halogens is 1. The Morgan fingerprint density at radius 3 is 2.28 bits per heavy atom. The van der Waals surface area contributed by atoms with E-state index in [4.69, 9.17) is 0 Å².